The Morgan fingerprint density at radius 1 is 1.00 bits per heavy atom. The average Bonchev–Trinajstić information content (AvgIpc) is 2.31. The molecule has 0 atom stereocenters. The second-order valence-electron chi connectivity index (χ2n) is 3.04. The van der Waals surface area contributed by atoms with Gasteiger partial charge in [0.2, 0.25) is 0 Å². The maximum atomic E-state index is 8.00. The van der Waals surface area contributed by atoms with Gasteiger partial charge in [-0.05, 0) is 22.8 Å². The first-order chi connectivity index (χ1) is 6.90. The van der Waals surface area contributed by atoms with Crippen LogP contribution < -0.4 is 0 Å². The molecule has 0 heterocycles. The fourth-order valence-corrected chi connectivity index (χ4v) is 1.46. The lowest BCUT2D eigenvalue weighted by Gasteiger charge is -1.99. The number of hydrogen-bond acceptors (Lipinski definition) is 1. The summed E-state index contributed by atoms with van der Waals surface area (Å²) in [6.07, 6.45) is 1.12. The first-order valence-electron chi connectivity index (χ1n) is 4.66. The molecule has 1 nitrogen and oxygen atoms in total. The van der Waals surface area contributed by atoms with Crippen molar-refractivity contribution in [2.45, 2.75) is 13.3 Å². The summed E-state index contributed by atoms with van der Waals surface area (Å²) in [6, 6.07) is 15.1. The van der Waals surface area contributed by atoms with Crippen LogP contribution in [0.25, 0.3) is 10.8 Å². The number of aryl methyl sites for hydroxylation is 1. The zero-order valence-corrected chi connectivity index (χ0v) is 8.36. The summed E-state index contributed by atoms with van der Waals surface area (Å²) in [5, 5.41) is 2.67. The van der Waals surface area contributed by atoms with Gasteiger partial charge in [0.25, 0.3) is 0 Å². The van der Waals surface area contributed by atoms with Gasteiger partial charge in [-0.1, -0.05) is 49.4 Å². The lowest BCUT2D eigenvalue weighted by molar-refractivity contribution is -0.0979. The highest BCUT2D eigenvalue weighted by Gasteiger charge is 1.92. The molecule has 14 heavy (non-hydrogen) atoms. The maximum Gasteiger partial charge on any atom is 0.106 e. The Morgan fingerprint density at radius 3 is 2.29 bits per heavy atom. The molecular formula is C13H14O. The minimum absolute atomic E-state index is 1.12. The third-order valence-corrected chi connectivity index (χ3v) is 2.22. The van der Waals surface area contributed by atoms with Crippen molar-refractivity contribution in [1.82, 2.24) is 0 Å². The molecule has 1 heteroatoms. The minimum atomic E-state index is 1.12. The molecule has 0 bridgehead atoms. The van der Waals surface area contributed by atoms with E-state index in [1.54, 1.807) is 0 Å². The molecule has 0 radical (unpaired) electrons. The number of benzene rings is 2. The minimum Gasteiger partial charge on any atom is -0.307 e. The van der Waals surface area contributed by atoms with E-state index >= 15 is 0 Å². The molecule has 2 aromatic carbocycles. The molecule has 0 saturated heterocycles. The Hall–Kier alpha value is -1.63. The van der Waals surface area contributed by atoms with Gasteiger partial charge in [-0.25, -0.2) is 0 Å². The zero-order chi connectivity index (χ0) is 10.4. The van der Waals surface area contributed by atoms with Crippen molar-refractivity contribution >= 4 is 17.6 Å². The number of carbonyl (C=O) groups is 1. The molecule has 0 aliphatic carbocycles. The smallest absolute Gasteiger partial charge is 0.106 e. The zero-order valence-electron chi connectivity index (χ0n) is 8.36. The molecule has 0 saturated carbocycles. The van der Waals surface area contributed by atoms with Crippen LogP contribution >= 0.6 is 0 Å². The highest BCUT2D eigenvalue weighted by atomic mass is 16.1. The van der Waals surface area contributed by atoms with Crippen molar-refractivity contribution in [3.05, 3.63) is 48.0 Å². The van der Waals surface area contributed by atoms with Crippen LogP contribution in [-0.2, 0) is 11.2 Å². The van der Waals surface area contributed by atoms with E-state index in [4.69, 9.17) is 4.79 Å². The third-order valence-electron chi connectivity index (χ3n) is 2.22. The number of rotatable bonds is 1. The molecule has 0 unspecified atom stereocenters. The standard InChI is InChI=1S/C12H12.CH2O/c1-2-10-7-8-11-5-3-4-6-12(11)9-10;1-2/h3-9H,2H2,1H3;1H2. The second-order valence-corrected chi connectivity index (χ2v) is 3.04. The molecule has 72 valence electrons. The molecule has 0 aliphatic heterocycles. The topological polar surface area (TPSA) is 17.1 Å². The summed E-state index contributed by atoms with van der Waals surface area (Å²) in [4.78, 5) is 8.00. The molecular weight excluding hydrogens is 172 g/mol. The summed E-state index contributed by atoms with van der Waals surface area (Å²) < 4.78 is 0. The van der Waals surface area contributed by atoms with Crippen molar-refractivity contribution in [1.29, 1.82) is 0 Å². The highest BCUT2D eigenvalue weighted by molar-refractivity contribution is 5.82. The lowest BCUT2D eigenvalue weighted by Crippen LogP contribution is -1.79. The fraction of sp³-hybridized carbons (Fsp3) is 0.154. The van der Waals surface area contributed by atoms with Gasteiger partial charge in [0.1, 0.15) is 6.79 Å². The van der Waals surface area contributed by atoms with Gasteiger partial charge in [0.15, 0.2) is 0 Å². The van der Waals surface area contributed by atoms with Gasteiger partial charge in [-0.3, -0.25) is 0 Å². The lowest BCUT2D eigenvalue weighted by atomic mass is 10.1. The van der Waals surface area contributed by atoms with E-state index in [0.29, 0.717) is 0 Å². The van der Waals surface area contributed by atoms with Crippen molar-refractivity contribution < 1.29 is 4.79 Å². The van der Waals surface area contributed by atoms with Crippen LogP contribution in [0.2, 0.25) is 0 Å². The maximum absolute atomic E-state index is 8.00. The molecule has 0 amide bonds. The quantitative estimate of drug-likeness (QED) is 0.668. The van der Waals surface area contributed by atoms with Crippen LogP contribution in [0.1, 0.15) is 12.5 Å². The van der Waals surface area contributed by atoms with E-state index in [9.17, 15) is 0 Å². The second kappa shape index (κ2) is 5.18. The first kappa shape index (κ1) is 10.5. The largest absolute Gasteiger partial charge is 0.307 e. The van der Waals surface area contributed by atoms with E-state index in [0.717, 1.165) is 6.42 Å². The predicted molar refractivity (Wildman–Crippen MR) is 60.4 cm³/mol. The molecule has 2 rings (SSSR count). The van der Waals surface area contributed by atoms with E-state index in [1.807, 2.05) is 6.79 Å². The average molecular weight is 186 g/mol. The fourth-order valence-electron chi connectivity index (χ4n) is 1.46. The van der Waals surface area contributed by atoms with Crippen LogP contribution in [0.5, 0.6) is 0 Å². The molecule has 0 spiro atoms. The van der Waals surface area contributed by atoms with Crippen molar-refractivity contribution in [2.24, 2.45) is 0 Å². The first-order valence-corrected chi connectivity index (χ1v) is 4.66. The van der Waals surface area contributed by atoms with Crippen molar-refractivity contribution in [3.63, 3.8) is 0 Å². The monoisotopic (exact) mass is 186 g/mol. The number of fused-ring (bicyclic) bond motifs is 1. The van der Waals surface area contributed by atoms with Crippen LogP contribution in [0, 0.1) is 0 Å². The molecule has 0 N–H and O–H groups in total. The molecule has 0 aliphatic rings. The van der Waals surface area contributed by atoms with Crippen molar-refractivity contribution in [2.75, 3.05) is 0 Å². The van der Waals surface area contributed by atoms with E-state index in [-0.39, 0.29) is 0 Å². The summed E-state index contributed by atoms with van der Waals surface area (Å²) >= 11 is 0. The Kier molecular flexibility index (Phi) is 3.86. The molecule has 0 aromatic heterocycles. The van der Waals surface area contributed by atoms with Crippen LogP contribution in [0.15, 0.2) is 42.5 Å². The van der Waals surface area contributed by atoms with Gasteiger partial charge in [0, 0.05) is 0 Å². The van der Waals surface area contributed by atoms with E-state index in [1.165, 1.54) is 16.3 Å². The molecule has 0 fully saturated rings. The van der Waals surface area contributed by atoms with Gasteiger partial charge in [-0.15, -0.1) is 0 Å². The van der Waals surface area contributed by atoms with E-state index in [2.05, 4.69) is 49.4 Å². The van der Waals surface area contributed by atoms with E-state index < -0.39 is 0 Å². The Balaban J connectivity index is 0.000000461. The van der Waals surface area contributed by atoms with Gasteiger partial charge in [0.05, 0.1) is 0 Å². The predicted octanol–water partition coefficient (Wildman–Crippen LogP) is 3.22. The Morgan fingerprint density at radius 2 is 1.64 bits per heavy atom. The highest BCUT2D eigenvalue weighted by Crippen LogP contribution is 2.15. The summed E-state index contributed by atoms with van der Waals surface area (Å²) in [6.45, 7) is 4.18. The van der Waals surface area contributed by atoms with Gasteiger partial charge < -0.3 is 4.79 Å². The Labute approximate surface area is 84.4 Å². The van der Waals surface area contributed by atoms with Gasteiger partial charge >= 0.3 is 0 Å². The normalized spacial score (nSPS) is 9.21. The summed E-state index contributed by atoms with van der Waals surface area (Å²) in [7, 11) is 0. The SMILES string of the molecule is C=O.CCc1ccc2ccccc2c1. The number of carbonyl (C=O) groups excluding carboxylic acids is 1. The third kappa shape index (κ3) is 2.19. The van der Waals surface area contributed by atoms with Crippen LogP contribution in [-0.4, -0.2) is 6.79 Å². The van der Waals surface area contributed by atoms with Gasteiger partial charge in [-0.2, -0.15) is 0 Å². The Bertz CT molecular complexity index is 407. The summed E-state index contributed by atoms with van der Waals surface area (Å²) in [5.74, 6) is 0. The van der Waals surface area contributed by atoms with Crippen molar-refractivity contribution in [3.8, 4) is 0 Å². The van der Waals surface area contributed by atoms with Crippen LogP contribution in [0.4, 0.5) is 0 Å². The van der Waals surface area contributed by atoms with Crippen LogP contribution in [0.3, 0.4) is 0 Å². The number of hydrogen-bond donors (Lipinski definition) is 0. The molecule has 2 aromatic rings. The summed E-state index contributed by atoms with van der Waals surface area (Å²) in [5.41, 5.74) is 1.41.